The van der Waals surface area contributed by atoms with Crippen LogP contribution < -0.4 is 5.73 Å². The average molecular weight is 153 g/mol. The Kier molecular flexibility index (Phi) is 1.72. The van der Waals surface area contributed by atoms with Gasteiger partial charge in [0, 0.05) is 6.07 Å². The minimum atomic E-state index is -0.501. The number of hydrogen-bond donors (Lipinski definition) is 1. The van der Waals surface area contributed by atoms with E-state index in [4.69, 9.17) is 5.73 Å². The number of aromatic nitrogens is 1. The lowest BCUT2D eigenvalue weighted by molar-refractivity contribution is -0.385. The number of nitrogens with zero attached hydrogens (tertiary/aromatic N) is 2. The number of pyridine rings is 1. The van der Waals surface area contributed by atoms with E-state index in [1.807, 2.05) is 0 Å². The van der Waals surface area contributed by atoms with Gasteiger partial charge in [0.05, 0.1) is 16.8 Å². The zero-order valence-electron chi connectivity index (χ0n) is 5.94. The number of rotatable bonds is 1. The highest BCUT2D eigenvalue weighted by atomic mass is 16.6. The summed E-state index contributed by atoms with van der Waals surface area (Å²) in [6, 6.07) is 1.29. The Morgan fingerprint density at radius 1 is 1.73 bits per heavy atom. The van der Waals surface area contributed by atoms with E-state index in [0.717, 1.165) is 0 Å². The van der Waals surface area contributed by atoms with E-state index in [9.17, 15) is 10.1 Å². The number of anilines is 1. The van der Waals surface area contributed by atoms with Crippen molar-refractivity contribution in [2.75, 3.05) is 5.73 Å². The summed E-state index contributed by atoms with van der Waals surface area (Å²) >= 11 is 0. The van der Waals surface area contributed by atoms with Crippen LogP contribution in [0.5, 0.6) is 0 Å². The molecular weight excluding hydrogens is 146 g/mol. The lowest BCUT2D eigenvalue weighted by Crippen LogP contribution is -1.96. The summed E-state index contributed by atoms with van der Waals surface area (Å²) in [4.78, 5) is 13.5. The zero-order valence-corrected chi connectivity index (χ0v) is 5.94. The molecule has 58 valence electrons. The Bertz CT molecular complexity index is 298. The molecule has 5 nitrogen and oxygen atoms in total. The largest absolute Gasteiger partial charge is 0.397 e. The lowest BCUT2D eigenvalue weighted by atomic mass is 10.3. The molecule has 1 aromatic rings. The average Bonchev–Trinajstić information content (AvgIpc) is 1.94. The van der Waals surface area contributed by atoms with Gasteiger partial charge in [-0.2, -0.15) is 0 Å². The molecule has 0 aromatic carbocycles. The van der Waals surface area contributed by atoms with Gasteiger partial charge >= 0.3 is 0 Å². The number of nitro groups is 1. The summed E-state index contributed by atoms with van der Waals surface area (Å²) in [5.74, 6) is 0. The summed E-state index contributed by atoms with van der Waals surface area (Å²) in [6.07, 6.45) is 1.39. The minimum Gasteiger partial charge on any atom is -0.397 e. The third-order valence-electron chi connectivity index (χ3n) is 1.28. The van der Waals surface area contributed by atoms with E-state index in [1.165, 1.54) is 12.3 Å². The first kappa shape index (κ1) is 7.46. The Hall–Kier alpha value is -1.65. The fraction of sp³-hybridized carbons (Fsp3) is 0.167. The number of hydrogen-bond acceptors (Lipinski definition) is 4. The summed E-state index contributed by atoms with van der Waals surface area (Å²) in [6.45, 7) is 1.57. The zero-order chi connectivity index (χ0) is 8.43. The molecule has 1 rings (SSSR count). The van der Waals surface area contributed by atoms with Gasteiger partial charge in [0.2, 0.25) is 0 Å². The van der Waals surface area contributed by atoms with E-state index in [-0.39, 0.29) is 5.69 Å². The topological polar surface area (TPSA) is 82.0 Å². The van der Waals surface area contributed by atoms with Crippen molar-refractivity contribution < 1.29 is 4.92 Å². The van der Waals surface area contributed by atoms with Gasteiger partial charge < -0.3 is 5.73 Å². The van der Waals surface area contributed by atoms with Crippen LogP contribution in [0.1, 0.15) is 5.69 Å². The van der Waals surface area contributed by atoms with Gasteiger partial charge in [-0.25, -0.2) is 0 Å². The van der Waals surface area contributed by atoms with E-state index in [2.05, 4.69) is 4.98 Å². The molecule has 0 aliphatic rings. The molecule has 1 aromatic heterocycles. The molecule has 0 aliphatic heterocycles. The molecule has 5 heteroatoms. The fourth-order valence-electron chi connectivity index (χ4n) is 0.722. The molecule has 0 aliphatic carbocycles. The Morgan fingerprint density at radius 3 is 2.82 bits per heavy atom. The number of nitrogens with two attached hydrogens (primary N) is 1. The van der Waals surface area contributed by atoms with Crippen molar-refractivity contribution in [3.8, 4) is 0 Å². The second-order valence-corrected chi connectivity index (χ2v) is 2.13. The van der Waals surface area contributed by atoms with Gasteiger partial charge in [-0.1, -0.05) is 0 Å². The third-order valence-corrected chi connectivity index (χ3v) is 1.28. The smallest absolute Gasteiger partial charge is 0.292 e. The van der Waals surface area contributed by atoms with E-state index >= 15 is 0 Å². The van der Waals surface area contributed by atoms with Crippen molar-refractivity contribution in [1.29, 1.82) is 0 Å². The molecule has 0 saturated carbocycles. The molecule has 0 atom stereocenters. The fourth-order valence-corrected chi connectivity index (χ4v) is 0.722. The van der Waals surface area contributed by atoms with Crippen molar-refractivity contribution in [1.82, 2.24) is 4.98 Å². The highest BCUT2D eigenvalue weighted by Gasteiger charge is 2.10. The van der Waals surface area contributed by atoms with Crippen LogP contribution >= 0.6 is 0 Å². The molecular formula is C6H7N3O2. The summed E-state index contributed by atoms with van der Waals surface area (Å²) in [7, 11) is 0. The van der Waals surface area contributed by atoms with Gasteiger partial charge in [0.1, 0.15) is 5.69 Å². The SMILES string of the molecule is Cc1ncc(N)cc1[N+](=O)[O-]. The van der Waals surface area contributed by atoms with E-state index in [0.29, 0.717) is 11.4 Å². The van der Waals surface area contributed by atoms with Crippen LogP contribution in [-0.4, -0.2) is 9.91 Å². The van der Waals surface area contributed by atoms with Crippen molar-refractivity contribution in [3.05, 3.63) is 28.1 Å². The van der Waals surface area contributed by atoms with Crippen molar-refractivity contribution in [3.63, 3.8) is 0 Å². The molecule has 0 unspecified atom stereocenters. The van der Waals surface area contributed by atoms with Gasteiger partial charge in [0.15, 0.2) is 0 Å². The molecule has 0 spiro atoms. The molecule has 0 bridgehead atoms. The van der Waals surface area contributed by atoms with Crippen LogP contribution in [-0.2, 0) is 0 Å². The van der Waals surface area contributed by atoms with Crippen LogP contribution in [0, 0.1) is 17.0 Å². The molecule has 11 heavy (non-hydrogen) atoms. The molecule has 0 amide bonds. The van der Waals surface area contributed by atoms with Gasteiger partial charge in [-0.3, -0.25) is 15.1 Å². The number of aryl methyl sites for hydroxylation is 1. The molecule has 0 saturated heterocycles. The minimum absolute atomic E-state index is 0.0370. The Morgan fingerprint density at radius 2 is 2.36 bits per heavy atom. The highest BCUT2D eigenvalue weighted by molar-refractivity contribution is 5.47. The molecule has 2 N–H and O–H groups in total. The second-order valence-electron chi connectivity index (χ2n) is 2.13. The predicted octanol–water partition coefficient (Wildman–Crippen LogP) is 0.880. The molecule has 0 fully saturated rings. The third kappa shape index (κ3) is 1.43. The standard InChI is InChI=1S/C6H7N3O2/c1-4-6(9(10)11)2-5(7)3-8-4/h2-3H,7H2,1H3. The van der Waals surface area contributed by atoms with Crippen molar-refractivity contribution in [2.45, 2.75) is 6.92 Å². The second kappa shape index (κ2) is 2.53. The van der Waals surface area contributed by atoms with Crippen LogP contribution in [0.25, 0.3) is 0 Å². The lowest BCUT2D eigenvalue weighted by Gasteiger charge is -1.95. The van der Waals surface area contributed by atoms with Crippen molar-refractivity contribution >= 4 is 11.4 Å². The first-order chi connectivity index (χ1) is 5.11. The summed E-state index contributed by atoms with van der Waals surface area (Å²) in [5.41, 5.74) is 5.95. The number of nitrogen functional groups attached to an aromatic ring is 1. The van der Waals surface area contributed by atoms with Crippen molar-refractivity contribution in [2.24, 2.45) is 0 Å². The maximum Gasteiger partial charge on any atom is 0.292 e. The first-order valence-electron chi connectivity index (χ1n) is 2.98. The monoisotopic (exact) mass is 153 g/mol. The maximum atomic E-state index is 10.3. The quantitative estimate of drug-likeness (QED) is 0.479. The summed E-state index contributed by atoms with van der Waals surface area (Å²) in [5, 5.41) is 10.3. The molecule has 1 heterocycles. The van der Waals surface area contributed by atoms with Gasteiger partial charge in [-0.15, -0.1) is 0 Å². The van der Waals surface area contributed by atoms with E-state index < -0.39 is 4.92 Å². The van der Waals surface area contributed by atoms with Crippen LogP contribution in [0.3, 0.4) is 0 Å². The van der Waals surface area contributed by atoms with Crippen LogP contribution in [0.4, 0.5) is 11.4 Å². The predicted molar refractivity (Wildman–Crippen MR) is 40.0 cm³/mol. The maximum absolute atomic E-state index is 10.3. The summed E-state index contributed by atoms with van der Waals surface area (Å²) < 4.78 is 0. The van der Waals surface area contributed by atoms with Gasteiger partial charge in [0.25, 0.3) is 5.69 Å². The highest BCUT2D eigenvalue weighted by Crippen LogP contribution is 2.17. The van der Waals surface area contributed by atoms with Gasteiger partial charge in [-0.05, 0) is 6.92 Å². The Labute approximate surface area is 63.0 Å². The first-order valence-corrected chi connectivity index (χ1v) is 2.98. The van der Waals surface area contributed by atoms with Crippen LogP contribution in [0.15, 0.2) is 12.3 Å². The normalized spacial score (nSPS) is 9.55. The Balaban J connectivity index is 3.23. The van der Waals surface area contributed by atoms with Crippen LogP contribution in [0.2, 0.25) is 0 Å². The molecule has 0 radical (unpaired) electrons. The van der Waals surface area contributed by atoms with E-state index in [1.54, 1.807) is 6.92 Å².